The summed E-state index contributed by atoms with van der Waals surface area (Å²) in [5.74, 6) is 1.59. The second-order valence-corrected chi connectivity index (χ2v) is 4.78. The van der Waals surface area contributed by atoms with E-state index in [1.807, 2.05) is 43.2 Å². The minimum absolute atomic E-state index is 0.488. The fourth-order valence-electron chi connectivity index (χ4n) is 2.29. The highest BCUT2D eigenvalue weighted by molar-refractivity contribution is 6.17. The van der Waals surface area contributed by atoms with Gasteiger partial charge in [-0.3, -0.25) is 9.67 Å². The quantitative estimate of drug-likeness (QED) is 0.789. The van der Waals surface area contributed by atoms with E-state index in [9.17, 15) is 0 Å². The zero-order valence-corrected chi connectivity index (χ0v) is 12.4. The van der Waals surface area contributed by atoms with Gasteiger partial charge in [0.05, 0.1) is 11.6 Å². The molecule has 102 valence electrons. The molecule has 0 aliphatic heterocycles. The van der Waals surface area contributed by atoms with Gasteiger partial charge in [0.25, 0.3) is 0 Å². The van der Waals surface area contributed by atoms with E-state index in [4.69, 9.17) is 11.6 Å². The second-order valence-electron chi connectivity index (χ2n) is 4.51. The highest BCUT2D eigenvalue weighted by Crippen LogP contribution is 2.26. The third kappa shape index (κ3) is 2.89. The molecule has 0 aliphatic carbocycles. The maximum atomic E-state index is 6.06. The van der Waals surface area contributed by atoms with Crippen molar-refractivity contribution in [1.82, 2.24) is 14.8 Å². The summed E-state index contributed by atoms with van der Waals surface area (Å²) >= 11 is 6.06. The fourth-order valence-corrected chi connectivity index (χ4v) is 2.60. The van der Waals surface area contributed by atoms with Gasteiger partial charge < -0.3 is 4.90 Å². The van der Waals surface area contributed by atoms with Crippen molar-refractivity contribution in [2.75, 3.05) is 11.4 Å². The first-order chi connectivity index (χ1) is 9.17. The Morgan fingerprint density at radius 2 is 2.00 bits per heavy atom. The molecule has 4 nitrogen and oxygen atoms in total. The van der Waals surface area contributed by atoms with Gasteiger partial charge in [-0.1, -0.05) is 0 Å². The molecule has 0 aromatic carbocycles. The summed E-state index contributed by atoms with van der Waals surface area (Å²) in [6.07, 6.45) is 3.64. The predicted octanol–water partition coefficient (Wildman–Crippen LogP) is 2.89. The van der Waals surface area contributed by atoms with Crippen molar-refractivity contribution in [1.29, 1.82) is 0 Å². The van der Waals surface area contributed by atoms with Crippen LogP contribution < -0.4 is 4.90 Å². The highest BCUT2D eigenvalue weighted by atomic mass is 35.5. The van der Waals surface area contributed by atoms with E-state index >= 15 is 0 Å². The summed E-state index contributed by atoms with van der Waals surface area (Å²) in [6, 6.07) is 4.07. The van der Waals surface area contributed by atoms with Gasteiger partial charge in [-0.25, -0.2) is 0 Å². The lowest BCUT2D eigenvalue weighted by molar-refractivity contribution is 0.704. The Bertz CT molecular complexity index is 536. The van der Waals surface area contributed by atoms with E-state index in [2.05, 4.69) is 21.9 Å². The zero-order valence-electron chi connectivity index (χ0n) is 11.6. The van der Waals surface area contributed by atoms with Crippen LogP contribution >= 0.6 is 11.6 Å². The molecule has 0 saturated carbocycles. The largest absolute Gasteiger partial charge is 0.353 e. The molecule has 0 fully saturated rings. The third-order valence-electron chi connectivity index (χ3n) is 3.25. The summed E-state index contributed by atoms with van der Waals surface area (Å²) in [5, 5.41) is 4.47. The van der Waals surface area contributed by atoms with Gasteiger partial charge in [0.15, 0.2) is 0 Å². The number of hydrogen-bond acceptors (Lipinski definition) is 3. The Morgan fingerprint density at radius 3 is 2.58 bits per heavy atom. The molecule has 0 bridgehead atoms. The zero-order chi connectivity index (χ0) is 13.8. The normalized spacial score (nSPS) is 10.7. The van der Waals surface area contributed by atoms with Crippen LogP contribution in [0.15, 0.2) is 24.5 Å². The summed E-state index contributed by atoms with van der Waals surface area (Å²) in [5.41, 5.74) is 3.34. The lowest BCUT2D eigenvalue weighted by Crippen LogP contribution is -2.25. The van der Waals surface area contributed by atoms with E-state index in [0.717, 1.165) is 30.2 Å². The minimum atomic E-state index is 0.488. The predicted molar refractivity (Wildman–Crippen MR) is 78.5 cm³/mol. The monoisotopic (exact) mass is 278 g/mol. The van der Waals surface area contributed by atoms with Crippen molar-refractivity contribution in [3.63, 3.8) is 0 Å². The van der Waals surface area contributed by atoms with Crippen LogP contribution in [0.3, 0.4) is 0 Å². The van der Waals surface area contributed by atoms with Gasteiger partial charge in [-0.05, 0) is 31.5 Å². The number of hydrogen-bond donors (Lipinski definition) is 0. The van der Waals surface area contributed by atoms with Gasteiger partial charge in [-0.15, -0.1) is 11.6 Å². The standard InChI is InChI=1S/C14H19ClN4/c1-4-19(10-12-5-7-16-8-6-12)14-13(9-15)11(2)17-18(14)3/h5-8H,4,9-10H2,1-3H3. The molecule has 0 N–H and O–H groups in total. The molecule has 2 aromatic heterocycles. The summed E-state index contributed by atoms with van der Waals surface area (Å²) < 4.78 is 1.91. The molecule has 0 atom stereocenters. The highest BCUT2D eigenvalue weighted by Gasteiger charge is 2.17. The van der Waals surface area contributed by atoms with Crippen LogP contribution in [0.25, 0.3) is 0 Å². The first kappa shape index (κ1) is 13.9. The maximum Gasteiger partial charge on any atom is 0.131 e. The average molecular weight is 279 g/mol. The van der Waals surface area contributed by atoms with E-state index < -0.39 is 0 Å². The molecular formula is C14H19ClN4. The Balaban J connectivity index is 2.32. The number of pyridine rings is 1. The van der Waals surface area contributed by atoms with Crippen molar-refractivity contribution in [3.05, 3.63) is 41.3 Å². The van der Waals surface area contributed by atoms with Gasteiger partial charge in [-0.2, -0.15) is 5.10 Å². The summed E-state index contributed by atoms with van der Waals surface area (Å²) in [6.45, 7) is 5.89. The van der Waals surface area contributed by atoms with Gasteiger partial charge in [0, 0.05) is 38.1 Å². The molecule has 0 unspecified atom stereocenters. The Morgan fingerprint density at radius 1 is 1.32 bits per heavy atom. The van der Waals surface area contributed by atoms with Crippen LogP contribution in [0.4, 0.5) is 5.82 Å². The Kier molecular flexibility index (Phi) is 4.43. The van der Waals surface area contributed by atoms with Crippen LogP contribution in [0.2, 0.25) is 0 Å². The van der Waals surface area contributed by atoms with Crippen LogP contribution in [0.1, 0.15) is 23.7 Å². The average Bonchev–Trinajstić information content (AvgIpc) is 2.71. The van der Waals surface area contributed by atoms with E-state index in [-0.39, 0.29) is 0 Å². The summed E-state index contributed by atoms with van der Waals surface area (Å²) in [7, 11) is 1.97. The second kappa shape index (κ2) is 6.06. The SMILES string of the molecule is CCN(Cc1ccncc1)c1c(CCl)c(C)nn1C. The lowest BCUT2D eigenvalue weighted by atomic mass is 10.2. The van der Waals surface area contributed by atoms with Gasteiger partial charge in [0.1, 0.15) is 5.82 Å². The molecule has 2 aromatic rings. The number of rotatable bonds is 5. The molecule has 2 rings (SSSR count). The first-order valence-corrected chi connectivity index (χ1v) is 6.93. The molecule has 0 saturated heterocycles. The number of halogens is 1. The summed E-state index contributed by atoms with van der Waals surface area (Å²) in [4.78, 5) is 6.33. The third-order valence-corrected chi connectivity index (χ3v) is 3.52. The first-order valence-electron chi connectivity index (χ1n) is 6.39. The number of aromatic nitrogens is 3. The fraction of sp³-hybridized carbons (Fsp3) is 0.429. The van der Waals surface area contributed by atoms with E-state index in [1.54, 1.807) is 0 Å². The van der Waals surface area contributed by atoms with Crippen molar-refractivity contribution in [2.24, 2.45) is 7.05 Å². The molecular weight excluding hydrogens is 260 g/mol. The van der Waals surface area contributed by atoms with E-state index in [1.165, 1.54) is 5.56 Å². The number of nitrogens with zero attached hydrogens (tertiary/aromatic N) is 4. The van der Waals surface area contributed by atoms with E-state index in [0.29, 0.717) is 5.88 Å². The molecule has 0 radical (unpaired) electrons. The lowest BCUT2D eigenvalue weighted by Gasteiger charge is -2.24. The number of anilines is 1. The molecule has 0 spiro atoms. The molecule has 19 heavy (non-hydrogen) atoms. The molecule has 2 heterocycles. The molecule has 0 amide bonds. The van der Waals surface area contributed by atoms with Crippen LogP contribution in [-0.2, 0) is 19.5 Å². The van der Waals surface area contributed by atoms with Crippen LogP contribution in [-0.4, -0.2) is 21.3 Å². The molecule has 5 heteroatoms. The van der Waals surface area contributed by atoms with Crippen LogP contribution in [0.5, 0.6) is 0 Å². The smallest absolute Gasteiger partial charge is 0.131 e. The Hall–Kier alpha value is -1.55. The maximum absolute atomic E-state index is 6.06. The van der Waals surface area contributed by atoms with Gasteiger partial charge in [0.2, 0.25) is 0 Å². The van der Waals surface area contributed by atoms with Crippen LogP contribution in [0, 0.1) is 6.92 Å². The van der Waals surface area contributed by atoms with Gasteiger partial charge >= 0.3 is 0 Å². The minimum Gasteiger partial charge on any atom is -0.353 e. The van der Waals surface area contributed by atoms with Crippen molar-refractivity contribution < 1.29 is 0 Å². The van der Waals surface area contributed by atoms with Crippen molar-refractivity contribution in [2.45, 2.75) is 26.3 Å². The Labute approximate surface area is 119 Å². The van der Waals surface area contributed by atoms with Crippen molar-refractivity contribution in [3.8, 4) is 0 Å². The number of alkyl halides is 1. The topological polar surface area (TPSA) is 34.0 Å². The molecule has 0 aliphatic rings. The van der Waals surface area contributed by atoms with Crippen molar-refractivity contribution >= 4 is 17.4 Å². The number of aryl methyl sites for hydroxylation is 2.